The quantitative estimate of drug-likeness (QED) is 0.796. The summed E-state index contributed by atoms with van der Waals surface area (Å²) in [5, 5.41) is 0. The van der Waals surface area contributed by atoms with Gasteiger partial charge in [-0.05, 0) is 6.42 Å². The Kier molecular flexibility index (Phi) is 3.55. The summed E-state index contributed by atoms with van der Waals surface area (Å²) in [7, 11) is 0. The van der Waals surface area contributed by atoms with Crippen LogP contribution in [-0.4, -0.2) is 9.97 Å². The molecule has 0 spiro atoms. The first kappa shape index (κ1) is 12.9. The van der Waals surface area contributed by atoms with Crippen LogP contribution in [0.25, 0.3) is 0 Å². The summed E-state index contributed by atoms with van der Waals surface area (Å²) in [6.45, 7) is 5.88. The Hall–Kier alpha value is -1.13. The van der Waals surface area contributed by atoms with E-state index in [1.165, 1.54) is 0 Å². The van der Waals surface area contributed by atoms with Crippen molar-refractivity contribution in [3.8, 4) is 0 Å². The van der Waals surface area contributed by atoms with E-state index < -0.39 is 11.7 Å². The van der Waals surface area contributed by atoms with E-state index in [0.717, 1.165) is 25.2 Å². The van der Waals surface area contributed by atoms with Crippen LogP contribution in [0.5, 0.6) is 0 Å². The number of alkyl halides is 3. The molecule has 0 aliphatic heterocycles. The number of aromatic nitrogens is 2. The van der Waals surface area contributed by atoms with Crippen LogP contribution in [0.2, 0.25) is 0 Å². The van der Waals surface area contributed by atoms with E-state index >= 15 is 0 Å². The van der Waals surface area contributed by atoms with Gasteiger partial charge >= 0.3 is 6.18 Å². The highest BCUT2D eigenvalue weighted by atomic mass is 19.4. The lowest BCUT2D eigenvalue weighted by molar-refractivity contribution is -0.138. The molecule has 1 aromatic rings. The van der Waals surface area contributed by atoms with Crippen LogP contribution in [0.3, 0.4) is 0 Å². The van der Waals surface area contributed by atoms with Crippen molar-refractivity contribution < 1.29 is 13.2 Å². The maximum atomic E-state index is 12.3. The molecule has 0 radical (unpaired) electrons. The van der Waals surface area contributed by atoms with Crippen LogP contribution >= 0.6 is 0 Å². The predicted molar refractivity (Wildman–Crippen MR) is 55.0 cm³/mol. The topological polar surface area (TPSA) is 25.8 Å². The van der Waals surface area contributed by atoms with E-state index in [9.17, 15) is 13.2 Å². The molecule has 0 aliphatic carbocycles. The third-order valence-electron chi connectivity index (χ3n) is 2.46. The molecular formula is C11H15F3N2. The van der Waals surface area contributed by atoms with E-state index in [-0.39, 0.29) is 5.41 Å². The molecule has 1 heterocycles. The second-order valence-electron chi connectivity index (χ2n) is 4.43. The zero-order valence-corrected chi connectivity index (χ0v) is 9.60. The fourth-order valence-corrected chi connectivity index (χ4v) is 1.56. The third-order valence-corrected chi connectivity index (χ3v) is 2.46. The van der Waals surface area contributed by atoms with Crippen molar-refractivity contribution in [1.29, 1.82) is 0 Å². The Balaban J connectivity index is 2.95. The summed E-state index contributed by atoms with van der Waals surface area (Å²) < 4.78 is 36.9. The summed E-state index contributed by atoms with van der Waals surface area (Å²) in [5.41, 5.74) is -1.08. The Bertz CT molecular complexity index is 341. The lowest BCUT2D eigenvalue weighted by atomic mass is 9.87. The fraction of sp³-hybridized carbons (Fsp3) is 0.636. The molecule has 90 valence electrons. The average Bonchev–Trinajstić information content (AvgIpc) is 2.16. The van der Waals surface area contributed by atoms with Crippen molar-refractivity contribution in [1.82, 2.24) is 9.97 Å². The lowest BCUT2D eigenvalue weighted by Gasteiger charge is -2.22. The minimum absolute atomic E-state index is 0.279. The Labute approximate surface area is 92.9 Å². The van der Waals surface area contributed by atoms with E-state index in [1.54, 1.807) is 0 Å². The standard InChI is InChI=1S/C11H15F3N2/c1-4-5-10(2,3)9-15-6-8(7-16-9)11(12,13)14/h6-7H,4-5H2,1-3H3. The third kappa shape index (κ3) is 2.93. The van der Waals surface area contributed by atoms with Crippen LogP contribution in [0.15, 0.2) is 12.4 Å². The SMILES string of the molecule is CCCC(C)(C)c1ncc(C(F)(F)F)cn1. The number of halogens is 3. The molecule has 0 bridgehead atoms. The highest BCUT2D eigenvalue weighted by Gasteiger charge is 2.32. The number of hydrogen-bond acceptors (Lipinski definition) is 2. The lowest BCUT2D eigenvalue weighted by Crippen LogP contribution is -2.21. The summed E-state index contributed by atoms with van der Waals surface area (Å²) in [4.78, 5) is 7.61. The Morgan fingerprint density at radius 1 is 1.12 bits per heavy atom. The van der Waals surface area contributed by atoms with E-state index in [0.29, 0.717) is 5.82 Å². The van der Waals surface area contributed by atoms with Crippen LogP contribution in [-0.2, 0) is 11.6 Å². The Morgan fingerprint density at radius 3 is 2.00 bits per heavy atom. The number of rotatable bonds is 3. The van der Waals surface area contributed by atoms with Gasteiger partial charge in [-0.25, -0.2) is 9.97 Å². The molecule has 0 saturated heterocycles. The highest BCUT2D eigenvalue weighted by Crippen LogP contribution is 2.30. The monoisotopic (exact) mass is 232 g/mol. The van der Waals surface area contributed by atoms with Gasteiger partial charge in [0.15, 0.2) is 0 Å². The Morgan fingerprint density at radius 2 is 1.62 bits per heavy atom. The zero-order chi connectivity index (χ0) is 12.4. The summed E-state index contributed by atoms with van der Waals surface area (Å²) in [5.74, 6) is 0.461. The van der Waals surface area contributed by atoms with Crippen molar-refractivity contribution in [2.75, 3.05) is 0 Å². The molecule has 0 saturated carbocycles. The zero-order valence-electron chi connectivity index (χ0n) is 9.60. The van der Waals surface area contributed by atoms with Gasteiger partial charge in [-0.3, -0.25) is 0 Å². The molecule has 0 N–H and O–H groups in total. The van der Waals surface area contributed by atoms with Gasteiger partial charge in [-0.2, -0.15) is 13.2 Å². The van der Waals surface area contributed by atoms with E-state index in [4.69, 9.17) is 0 Å². The molecule has 0 atom stereocenters. The predicted octanol–water partition coefficient (Wildman–Crippen LogP) is 3.57. The molecular weight excluding hydrogens is 217 g/mol. The van der Waals surface area contributed by atoms with E-state index in [1.807, 2.05) is 20.8 Å². The van der Waals surface area contributed by atoms with Gasteiger partial charge < -0.3 is 0 Å². The van der Waals surface area contributed by atoms with Crippen molar-refractivity contribution in [3.63, 3.8) is 0 Å². The van der Waals surface area contributed by atoms with Gasteiger partial charge in [-0.15, -0.1) is 0 Å². The first-order chi connectivity index (χ1) is 7.27. The molecule has 0 fully saturated rings. The summed E-state index contributed by atoms with van der Waals surface area (Å²) in [6.07, 6.45) is -0.886. The molecule has 0 aromatic carbocycles. The molecule has 2 nitrogen and oxygen atoms in total. The van der Waals surface area contributed by atoms with Gasteiger partial charge in [0.05, 0.1) is 5.56 Å². The van der Waals surface area contributed by atoms with Crippen LogP contribution in [0, 0.1) is 0 Å². The van der Waals surface area contributed by atoms with Gasteiger partial charge in [-0.1, -0.05) is 27.2 Å². The molecule has 5 heteroatoms. The van der Waals surface area contributed by atoms with Crippen molar-refractivity contribution in [2.24, 2.45) is 0 Å². The first-order valence-electron chi connectivity index (χ1n) is 5.17. The van der Waals surface area contributed by atoms with Crippen LogP contribution < -0.4 is 0 Å². The molecule has 1 aromatic heterocycles. The largest absolute Gasteiger partial charge is 0.419 e. The van der Waals surface area contributed by atoms with Crippen LogP contribution in [0.4, 0.5) is 13.2 Å². The van der Waals surface area contributed by atoms with Gasteiger partial charge in [0, 0.05) is 17.8 Å². The fourth-order valence-electron chi connectivity index (χ4n) is 1.56. The molecule has 0 aliphatic rings. The molecule has 16 heavy (non-hydrogen) atoms. The molecule has 0 amide bonds. The second kappa shape index (κ2) is 4.39. The first-order valence-corrected chi connectivity index (χ1v) is 5.17. The van der Waals surface area contributed by atoms with Gasteiger partial charge in [0.25, 0.3) is 0 Å². The maximum absolute atomic E-state index is 12.3. The summed E-state index contributed by atoms with van der Waals surface area (Å²) in [6, 6.07) is 0. The minimum atomic E-state index is -4.37. The maximum Gasteiger partial charge on any atom is 0.419 e. The average molecular weight is 232 g/mol. The van der Waals surface area contributed by atoms with Crippen molar-refractivity contribution in [3.05, 3.63) is 23.8 Å². The number of nitrogens with zero attached hydrogens (tertiary/aromatic N) is 2. The van der Waals surface area contributed by atoms with Gasteiger partial charge in [0.2, 0.25) is 0 Å². The van der Waals surface area contributed by atoms with Crippen LogP contribution in [0.1, 0.15) is 45.0 Å². The normalized spacial score (nSPS) is 12.9. The van der Waals surface area contributed by atoms with E-state index in [2.05, 4.69) is 9.97 Å². The molecule has 0 unspecified atom stereocenters. The smallest absolute Gasteiger partial charge is 0.240 e. The van der Waals surface area contributed by atoms with Crippen molar-refractivity contribution >= 4 is 0 Å². The number of hydrogen-bond donors (Lipinski definition) is 0. The summed E-state index contributed by atoms with van der Waals surface area (Å²) >= 11 is 0. The second-order valence-corrected chi connectivity index (χ2v) is 4.43. The molecule has 1 rings (SSSR count). The highest BCUT2D eigenvalue weighted by molar-refractivity contribution is 5.12. The minimum Gasteiger partial charge on any atom is -0.240 e. The van der Waals surface area contributed by atoms with Crippen molar-refractivity contribution in [2.45, 2.75) is 45.2 Å². The van der Waals surface area contributed by atoms with Gasteiger partial charge in [0.1, 0.15) is 5.82 Å².